The summed E-state index contributed by atoms with van der Waals surface area (Å²) >= 11 is 0. The molecule has 3 saturated heterocycles. The maximum absolute atomic E-state index is 14.3. The SMILES string of the molecule is CC(C)C(=O)N1CCN(C(=O)c2cnc3ccc(F)cc3c2N2CCC3(CC2)OCCO3)CC1. The molecule has 0 radical (unpaired) electrons. The molecule has 3 aliphatic heterocycles. The van der Waals surface area contributed by atoms with Crippen LogP contribution in [0.25, 0.3) is 10.9 Å². The summed E-state index contributed by atoms with van der Waals surface area (Å²) < 4.78 is 26.0. The van der Waals surface area contributed by atoms with Crippen LogP contribution in [0.4, 0.5) is 10.1 Å². The summed E-state index contributed by atoms with van der Waals surface area (Å²) in [7, 11) is 0. The Hall–Kier alpha value is -2.78. The minimum absolute atomic E-state index is 0.0661. The molecular formula is C25H31FN4O4. The fourth-order valence-electron chi connectivity index (χ4n) is 5.17. The molecule has 0 N–H and O–H groups in total. The number of rotatable bonds is 3. The Labute approximate surface area is 198 Å². The Morgan fingerprint density at radius 1 is 1.00 bits per heavy atom. The molecule has 182 valence electrons. The number of piperidine rings is 1. The van der Waals surface area contributed by atoms with E-state index in [1.165, 1.54) is 12.1 Å². The molecule has 5 rings (SSSR count). The number of nitrogens with zero attached hydrogens (tertiary/aromatic N) is 4. The van der Waals surface area contributed by atoms with Gasteiger partial charge < -0.3 is 24.2 Å². The number of hydrogen-bond donors (Lipinski definition) is 0. The van der Waals surface area contributed by atoms with Gasteiger partial charge in [-0.2, -0.15) is 0 Å². The number of aromatic nitrogens is 1. The van der Waals surface area contributed by atoms with Crippen LogP contribution in [0.3, 0.4) is 0 Å². The van der Waals surface area contributed by atoms with Crippen molar-refractivity contribution >= 4 is 28.4 Å². The third kappa shape index (κ3) is 4.22. The van der Waals surface area contributed by atoms with Gasteiger partial charge in [-0.25, -0.2) is 4.39 Å². The summed E-state index contributed by atoms with van der Waals surface area (Å²) in [5.41, 5.74) is 1.82. The zero-order chi connectivity index (χ0) is 23.9. The van der Waals surface area contributed by atoms with E-state index in [0.717, 1.165) is 0 Å². The number of pyridine rings is 1. The van der Waals surface area contributed by atoms with Crippen molar-refractivity contribution in [2.24, 2.45) is 5.92 Å². The molecule has 0 aliphatic carbocycles. The molecule has 0 saturated carbocycles. The first-order chi connectivity index (χ1) is 16.4. The summed E-state index contributed by atoms with van der Waals surface area (Å²) in [4.78, 5) is 36.2. The van der Waals surface area contributed by atoms with Crippen molar-refractivity contribution in [2.45, 2.75) is 32.5 Å². The van der Waals surface area contributed by atoms with Crippen LogP contribution in [0.15, 0.2) is 24.4 Å². The Kier molecular flexibility index (Phi) is 6.16. The zero-order valence-corrected chi connectivity index (χ0v) is 19.8. The molecule has 9 heteroatoms. The first-order valence-electron chi connectivity index (χ1n) is 12.1. The molecule has 34 heavy (non-hydrogen) atoms. The molecule has 1 spiro atoms. The summed E-state index contributed by atoms with van der Waals surface area (Å²) in [5.74, 6) is -1.01. The van der Waals surface area contributed by atoms with Gasteiger partial charge >= 0.3 is 0 Å². The fraction of sp³-hybridized carbons (Fsp3) is 0.560. The lowest BCUT2D eigenvalue weighted by Crippen LogP contribution is -2.52. The average molecular weight is 471 g/mol. The lowest BCUT2D eigenvalue weighted by molar-refractivity contribution is -0.169. The zero-order valence-electron chi connectivity index (χ0n) is 19.8. The molecule has 0 atom stereocenters. The molecule has 1 aromatic carbocycles. The smallest absolute Gasteiger partial charge is 0.257 e. The van der Waals surface area contributed by atoms with E-state index in [4.69, 9.17) is 9.47 Å². The highest BCUT2D eigenvalue weighted by Gasteiger charge is 2.41. The van der Waals surface area contributed by atoms with Gasteiger partial charge in [-0.05, 0) is 18.2 Å². The molecule has 0 bridgehead atoms. The number of fused-ring (bicyclic) bond motifs is 1. The number of amides is 2. The van der Waals surface area contributed by atoms with E-state index in [0.29, 0.717) is 87.5 Å². The number of anilines is 1. The molecule has 0 unspecified atom stereocenters. The van der Waals surface area contributed by atoms with Gasteiger partial charge in [0, 0.05) is 69.6 Å². The monoisotopic (exact) mass is 470 g/mol. The van der Waals surface area contributed by atoms with E-state index >= 15 is 0 Å². The van der Waals surface area contributed by atoms with Gasteiger partial charge in [0.2, 0.25) is 5.91 Å². The molecule has 1 aromatic heterocycles. The lowest BCUT2D eigenvalue weighted by atomic mass is 9.99. The minimum atomic E-state index is -0.548. The average Bonchev–Trinajstić information content (AvgIpc) is 3.31. The standard InChI is InChI=1S/C25H31FN4O4/c1-17(2)23(31)29-9-11-30(12-10-29)24(32)20-16-27-21-4-3-18(26)15-19(21)22(20)28-7-5-25(6-8-28)33-13-14-34-25/h3-4,15-17H,5-14H2,1-2H3. The first-order valence-corrected chi connectivity index (χ1v) is 12.1. The third-order valence-corrected chi connectivity index (χ3v) is 7.06. The first kappa shape index (κ1) is 23.0. The Morgan fingerprint density at radius 2 is 1.65 bits per heavy atom. The second-order valence-corrected chi connectivity index (χ2v) is 9.55. The maximum atomic E-state index is 14.3. The van der Waals surface area contributed by atoms with Crippen molar-refractivity contribution in [3.8, 4) is 0 Å². The number of carbonyl (C=O) groups excluding carboxylic acids is 2. The highest BCUT2D eigenvalue weighted by atomic mass is 19.1. The number of hydrogen-bond acceptors (Lipinski definition) is 6. The second kappa shape index (κ2) is 9.11. The predicted molar refractivity (Wildman–Crippen MR) is 125 cm³/mol. The van der Waals surface area contributed by atoms with Crippen molar-refractivity contribution in [3.63, 3.8) is 0 Å². The summed E-state index contributed by atoms with van der Waals surface area (Å²) in [5, 5.41) is 0.628. The topological polar surface area (TPSA) is 75.2 Å². The van der Waals surface area contributed by atoms with Crippen LogP contribution in [0.1, 0.15) is 37.0 Å². The summed E-state index contributed by atoms with van der Waals surface area (Å²) in [6, 6.07) is 4.49. The molecular weight excluding hydrogens is 439 g/mol. The number of ether oxygens (including phenoxy) is 2. The van der Waals surface area contributed by atoms with Crippen molar-refractivity contribution in [3.05, 3.63) is 35.8 Å². The van der Waals surface area contributed by atoms with Crippen molar-refractivity contribution in [2.75, 3.05) is 57.4 Å². The molecule has 4 heterocycles. The van der Waals surface area contributed by atoms with Gasteiger partial charge in [-0.15, -0.1) is 0 Å². The van der Waals surface area contributed by atoms with Crippen LogP contribution < -0.4 is 4.90 Å². The minimum Gasteiger partial charge on any atom is -0.370 e. The van der Waals surface area contributed by atoms with Gasteiger partial charge in [0.1, 0.15) is 5.82 Å². The second-order valence-electron chi connectivity index (χ2n) is 9.55. The summed E-state index contributed by atoms with van der Waals surface area (Å²) in [6.45, 7) is 8.16. The van der Waals surface area contributed by atoms with Crippen LogP contribution >= 0.6 is 0 Å². The van der Waals surface area contributed by atoms with Crippen LogP contribution in [0, 0.1) is 11.7 Å². The Morgan fingerprint density at radius 3 is 2.29 bits per heavy atom. The van der Waals surface area contributed by atoms with E-state index in [1.807, 2.05) is 18.7 Å². The quantitative estimate of drug-likeness (QED) is 0.687. The van der Waals surface area contributed by atoms with Crippen molar-refractivity contribution in [1.82, 2.24) is 14.8 Å². The van der Waals surface area contributed by atoms with Gasteiger partial charge in [0.05, 0.1) is 30.0 Å². The third-order valence-electron chi connectivity index (χ3n) is 7.06. The fourth-order valence-corrected chi connectivity index (χ4v) is 5.17. The van der Waals surface area contributed by atoms with E-state index < -0.39 is 5.79 Å². The summed E-state index contributed by atoms with van der Waals surface area (Å²) in [6.07, 6.45) is 2.96. The van der Waals surface area contributed by atoms with Gasteiger partial charge in [-0.1, -0.05) is 13.8 Å². The molecule has 2 aromatic rings. The van der Waals surface area contributed by atoms with Crippen molar-refractivity contribution in [1.29, 1.82) is 0 Å². The van der Waals surface area contributed by atoms with Crippen LogP contribution in [0.2, 0.25) is 0 Å². The van der Waals surface area contributed by atoms with Crippen molar-refractivity contribution < 1.29 is 23.5 Å². The molecule has 3 fully saturated rings. The van der Waals surface area contributed by atoms with Gasteiger partial charge in [-0.3, -0.25) is 14.6 Å². The largest absolute Gasteiger partial charge is 0.370 e. The van der Waals surface area contributed by atoms with E-state index in [9.17, 15) is 14.0 Å². The van der Waals surface area contributed by atoms with E-state index in [-0.39, 0.29) is 23.5 Å². The Bertz CT molecular complexity index is 1080. The number of piperazine rings is 1. The molecule has 2 amide bonds. The molecule has 3 aliphatic rings. The number of carbonyl (C=O) groups is 2. The van der Waals surface area contributed by atoms with Crippen LogP contribution in [0.5, 0.6) is 0 Å². The maximum Gasteiger partial charge on any atom is 0.257 e. The van der Waals surface area contributed by atoms with E-state index in [2.05, 4.69) is 9.88 Å². The lowest BCUT2D eigenvalue weighted by Gasteiger charge is -2.40. The predicted octanol–water partition coefficient (Wildman–Crippen LogP) is 2.66. The van der Waals surface area contributed by atoms with Crippen LogP contribution in [-0.4, -0.2) is 84.9 Å². The van der Waals surface area contributed by atoms with E-state index in [1.54, 1.807) is 17.2 Å². The highest BCUT2D eigenvalue weighted by molar-refractivity contribution is 6.07. The number of benzene rings is 1. The molecule has 8 nitrogen and oxygen atoms in total. The van der Waals surface area contributed by atoms with Crippen LogP contribution in [-0.2, 0) is 14.3 Å². The number of halogens is 1. The highest BCUT2D eigenvalue weighted by Crippen LogP contribution is 2.37. The normalized spacial score (nSPS) is 20.5. The van der Waals surface area contributed by atoms with Gasteiger partial charge in [0.25, 0.3) is 5.91 Å². The van der Waals surface area contributed by atoms with Gasteiger partial charge in [0.15, 0.2) is 5.79 Å². The Balaban J connectivity index is 1.43.